The summed E-state index contributed by atoms with van der Waals surface area (Å²) in [7, 11) is 0. The Morgan fingerprint density at radius 3 is 2.65 bits per heavy atom. The topological polar surface area (TPSA) is 71.3 Å². The summed E-state index contributed by atoms with van der Waals surface area (Å²) in [5.41, 5.74) is 3.47. The molecule has 1 aromatic heterocycles. The molecule has 6 heteroatoms. The molecule has 0 saturated carbocycles. The highest BCUT2D eigenvalue weighted by molar-refractivity contribution is 5.89. The third-order valence-electron chi connectivity index (χ3n) is 4.27. The molecule has 0 unspecified atom stereocenters. The van der Waals surface area contributed by atoms with Crippen LogP contribution >= 0.6 is 0 Å². The highest BCUT2D eigenvalue weighted by Gasteiger charge is 2.11. The number of hydrogen-bond donors (Lipinski definition) is 2. The van der Waals surface area contributed by atoms with Crippen molar-refractivity contribution in [1.29, 1.82) is 0 Å². The normalized spacial score (nSPS) is 10.8. The van der Waals surface area contributed by atoms with Crippen LogP contribution in [0.1, 0.15) is 23.6 Å². The fourth-order valence-corrected chi connectivity index (χ4v) is 2.80. The molecule has 0 bridgehead atoms. The van der Waals surface area contributed by atoms with Crippen LogP contribution < -0.4 is 16.3 Å². The van der Waals surface area contributed by atoms with E-state index in [2.05, 4.69) is 10.6 Å². The Labute approximate surface area is 149 Å². The summed E-state index contributed by atoms with van der Waals surface area (Å²) < 4.78 is 19.4. The summed E-state index contributed by atoms with van der Waals surface area (Å²) in [6.45, 7) is 5.47. The number of amides is 1. The van der Waals surface area contributed by atoms with Gasteiger partial charge in [-0.25, -0.2) is 9.18 Å². The van der Waals surface area contributed by atoms with Crippen molar-refractivity contribution in [2.24, 2.45) is 0 Å². The number of hydrogen-bond acceptors (Lipinski definition) is 4. The zero-order valence-corrected chi connectivity index (χ0v) is 14.8. The Kier molecular flexibility index (Phi) is 4.75. The monoisotopic (exact) mass is 354 g/mol. The van der Waals surface area contributed by atoms with Gasteiger partial charge in [0.15, 0.2) is 0 Å². The van der Waals surface area contributed by atoms with Crippen LogP contribution in [0.3, 0.4) is 0 Å². The number of fused-ring (bicyclic) bond motifs is 1. The Bertz CT molecular complexity index is 1060. The van der Waals surface area contributed by atoms with Crippen molar-refractivity contribution in [3.8, 4) is 0 Å². The van der Waals surface area contributed by atoms with E-state index in [1.807, 2.05) is 26.0 Å². The number of anilines is 2. The second-order valence-corrected chi connectivity index (χ2v) is 6.20. The van der Waals surface area contributed by atoms with E-state index < -0.39 is 11.4 Å². The lowest BCUT2D eigenvalue weighted by Crippen LogP contribution is -2.09. The second-order valence-electron chi connectivity index (χ2n) is 6.20. The van der Waals surface area contributed by atoms with E-state index in [-0.39, 0.29) is 18.1 Å². The van der Waals surface area contributed by atoms with Crippen molar-refractivity contribution < 1.29 is 13.6 Å². The van der Waals surface area contributed by atoms with E-state index >= 15 is 0 Å². The lowest BCUT2D eigenvalue weighted by atomic mass is 10.0. The third kappa shape index (κ3) is 3.59. The maximum Gasteiger partial charge on any atom is 0.336 e. The van der Waals surface area contributed by atoms with E-state index in [0.29, 0.717) is 16.8 Å². The number of carbonyl (C=O) groups excluding carboxylic acids is 1. The third-order valence-corrected chi connectivity index (χ3v) is 4.27. The maximum absolute atomic E-state index is 14.1. The van der Waals surface area contributed by atoms with Gasteiger partial charge in [-0.1, -0.05) is 12.1 Å². The van der Waals surface area contributed by atoms with Crippen molar-refractivity contribution in [1.82, 2.24) is 0 Å². The van der Waals surface area contributed by atoms with E-state index in [9.17, 15) is 14.0 Å². The lowest BCUT2D eigenvalue weighted by Gasteiger charge is -2.12. The quantitative estimate of drug-likeness (QED) is 0.692. The number of halogens is 1. The second kappa shape index (κ2) is 7.00. The van der Waals surface area contributed by atoms with Crippen LogP contribution in [0.25, 0.3) is 11.0 Å². The summed E-state index contributed by atoms with van der Waals surface area (Å²) in [6.07, 6.45) is 0. The zero-order chi connectivity index (χ0) is 18.8. The van der Waals surface area contributed by atoms with Gasteiger partial charge in [0, 0.05) is 30.6 Å². The Balaban J connectivity index is 1.94. The predicted molar refractivity (Wildman–Crippen MR) is 100.0 cm³/mol. The molecule has 3 aromatic rings. The summed E-state index contributed by atoms with van der Waals surface area (Å²) >= 11 is 0. The molecule has 0 fully saturated rings. The number of carbonyl (C=O) groups is 1. The van der Waals surface area contributed by atoms with Crippen molar-refractivity contribution in [2.45, 2.75) is 27.3 Å². The molecule has 1 amide bonds. The molecule has 26 heavy (non-hydrogen) atoms. The molecule has 0 aliphatic heterocycles. The molecule has 0 saturated heterocycles. The molecule has 0 aliphatic carbocycles. The average Bonchev–Trinajstić information content (AvgIpc) is 2.58. The fourth-order valence-electron chi connectivity index (χ4n) is 2.80. The first-order valence-corrected chi connectivity index (χ1v) is 8.19. The lowest BCUT2D eigenvalue weighted by molar-refractivity contribution is -0.114. The van der Waals surface area contributed by atoms with Gasteiger partial charge in [0.2, 0.25) is 5.91 Å². The predicted octanol–water partition coefficient (Wildman–Crippen LogP) is 4.12. The molecule has 134 valence electrons. The molecule has 2 N–H and O–H groups in total. The molecule has 1 heterocycles. The summed E-state index contributed by atoms with van der Waals surface area (Å²) in [6, 6.07) is 9.53. The Hall–Kier alpha value is -3.15. The maximum atomic E-state index is 14.1. The standard InChI is InChI=1S/C20H19FN2O3/c1-11-4-6-16-14(8-19(25)26-20(16)12(11)2)10-22-18-9-15(23-13(3)24)5-7-17(18)21/h4-9,22H,10H2,1-3H3,(H,23,24). The summed E-state index contributed by atoms with van der Waals surface area (Å²) in [5.74, 6) is -0.682. The van der Waals surface area contributed by atoms with E-state index in [1.54, 1.807) is 0 Å². The fraction of sp³-hybridized carbons (Fsp3) is 0.200. The van der Waals surface area contributed by atoms with Gasteiger partial charge in [-0.2, -0.15) is 0 Å². The van der Waals surface area contributed by atoms with Gasteiger partial charge in [0.05, 0.1) is 5.69 Å². The molecule has 0 atom stereocenters. The van der Waals surface area contributed by atoms with Gasteiger partial charge < -0.3 is 15.1 Å². The molecule has 0 spiro atoms. The van der Waals surface area contributed by atoms with Crippen LogP contribution in [0.15, 0.2) is 45.6 Å². The number of rotatable bonds is 4. The average molecular weight is 354 g/mol. The van der Waals surface area contributed by atoms with Crippen LogP contribution in [-0.4, -0.2) is 5.91 Å². The first-order valence-electron chi connectivity index (χ1n) is 8.19. The smallest absolute Gasteiger partial charge is 0.336 e. The first kappa shape index (κ1) is 17.7. The minimum atomic E-state index is -0.449. The first-order chi connectivity index (χ1) is 12.3. The highest BCUT2D eigenvalue weighted by Crippen LogP contribution is 2.25. The van der Waals surface area contributed by atoms with Crippen molar-refractivity contribution in [3.05, 3.63) is 69.3 Å². The van der Waals surface area contributed by atoms with Crippen molar-refractivity contribution in [3.63, 3.8) is 0 Å². The van der Waals surface area contributed by atoms with Crippen LogP contribution in [0.4, 0.5) is 15.8 Å². The Morgan fingerprint density at radius 2 is 1.92 bits per heavy atom. The van der Waals surface area contributed by atoms with Gasteiger partial charge in [0.25, 0.3) is 0 Å². The van der Waals surface area contributed by atoms with Gasteiger partial charge in [-0.3, -0.25) is 4.79 Å². The summed E-state index contributed by atoms with van der Waals surface area (Å²) in [4.78, 5) is 23.1. The van der Waals surface area contributed by atoms with Gasteiger partial charge >= 0.3 is 5.63 Å². The Morgan fingerprint density at radius 1 is 1.15 bits per heavy atom. The highest BCUT2D eigenvalue weighted by atomic mass is 19.1. The van der Waals surface area contributed by atoms with Gasteiger partial charge in [-0.15, -0.1) is 0 Å². The SMILES string of the molecule is CC(=O)Nc1ccc(F)c(NCc2cc(=O)oc3c(C)c(C)ccc23)c1. The van der Waals surface area contributed by atoms with E-state index in [4.69, 9.17) is 4.42 Å². The molecule has 3 rings (SSSR count). The van der Waals surface area contributed by atoms with Gasteiger partial charge in [-0.05, 0) is 48.7 Å². The minimum Gasteiger partial charge on any atom is -0.422 e. The molecule has 2 aromatic carbocycles. The largest absolute Gasteiger partial charge is 0.422 e. The van der Waals surface area contributed by atoms with Gasteiger partial charge in [0.1, 0.15) is 11.4 Å². The van der Waals surface area contributed by atoms with Crippen molar-refractivity contribution in [2.75, 3.05) is 10.6 Å². The van der Waals surface area contributed by atoms with E-state index in [1.165, 1.54) is 31.2 Å². The van der Waals surface area contributed by atoms with E-state index in [0.717, 1.165) is 16.5 Å². The number of nitrogens with one attached hydrogen (secondary N) is 2. The number of benzene rings is 2. The zero-order valence-electron chi connectivity index (χ0n) is 14.8. The van der Waals surface area contributed by atoms with Crippen LogP contribution in [0.2, 0.25) is 0 Å². The van der Waals surface area contributed by atoms with Crippen LogP contribution in [0, 0.1) is 19.7 Å². The summed E-state index contributed by atoms with van der Waals surface area (Å²) in [5, 5.41) is 6.41. The molecule has 0 aliphatic rings. The molecular formula is C20H19FN2O3. The molecular weight excluding hydrogens is 335 g/mol. The molecule has 5 nitrogen and oxygen atoms in total. The number of aryl methyl sites for hydroxylation is 2. The van der Waals surface area contributed by atoms with Crippen LogP contribution in [-0.2, 0) is 11.3 Å². The van der Waals surface area contributed by atoms with Crippen molar-refractivity contribution >= 4 is 28.3 Å². The minimum absolute atomic E-state index is 0.236. The molecule has 0 radical (unpaired) electrons. The van der Waals surface area contributed by atoms with Crippen LogP contribution in [0.5, 0.6) is 0 Å².